The lowest BCUT2D eigenvalue weighted by atomic mass is 9.86. The number of carbonyl (C=O) groups is 2. The summed E-state index contributed by atoms with van der Waals surface area (Å²) in [5.74, 6) is -0.140. The second-order valence-corrected chi connectivity index (χ2v) is 11.5. The Morgan fingerprint density at radius 3 is 2.44 bits per heavy atom. The Labute approximate surface area is 194 Å². The van der Waals surface area contributed by atoms with Crippen molar-refractivity contribution in [1.29, 1.82) is 0 Å². The Kier molecular flexibility index (Phi) is 7.12. The van der Waals surface area contributed by atoms with Crippen LogP contribution in [0.4, 0.5) is 4.79 Å². The first-order valence-electron chi connectivity index (χ1n) is 11.2. The monoisotopic (exact) mass is 461 g/mol. The molecule has 1 aliphatic rings. The van der Waals surface area contributed by atoms with Crippen molar-refractivity contribution >= 4 is 34.9 Å². The summed E-state index contributed by atoms with van der Waals surface area (Å²) >= 11 is 1.54. The molecule has 2 aromatic rings. The van der Waals surface area contributed by atoms with Crippen LogP contribution in [0.2, 0.25) is 0 Å². The average Bonchev–Trinajstić information content (AvgIpc) is 3.42. The zero-order valence-corrected chi connectivity index (χ0v) is 20.7. The van der Waals surface area contributed by atoms with Gasteiger partial charge >= 0.3 is 12.1 Å². The molecule has 176 valence electrons. The first-order chi connectivity index (χ1) is 14.9. The molecule has 8 heteroatoms. The maximum Gasteiger partial charge on any atom is 0.410 e. The zero-order chi connectivity index (χ0) is 23.7. The zero-order valence-electron chi connectivity index (χ0n) is 19.9. The number of para-hydroxylation sites is 2. The molecule has 7 nitrogen and oxygen atoms in total. The van der Waals surface area contributed by atoms with Gasteiger partial charge in [0, 0.05) is 18.3 Å². The number of fused-ring (bicyclic) bond motifs is 1. The molecule has 0 bridgehead atoms. The topological polar surface area (TPSA) is 84.7 Å². The van der Waals surface area contributed by atoms with Gasteiger partial charge in [-0.05, 0) is 57.6 Å². The van der Waals surface area contributed by atoms with E-state index in [-0.39, 0.29) is 12.1 Å². The number of ether oxygens (including phenoxy) is 1. The fraction of sp³-hybridized carbons (Fsp3) is 0.625. The van der Waals surface area contributed by atoms with Crippen molar-refractivity contribution in [3.05, 3.63) is 24.3 Å². The summed E-state index contributed by atoms with van der Waals surface area (Å²) in [7, 11) is 0. The van der Waals surface area contributed by atoms with E-state index in [9.17, 15) is 14.7 Å². The third-order valence-electron chi connectivity index (χ3n) is 5.27. The fourth-order valence-electron chi connectivity index (χ4n) is 3.77. The van der Waals surface area contributed by atoms with Gasteiger partial charge in [-0.1, -0.05) is 44.7 Å². The molecule has 32 heavy (non-hydrogen) atoms. The predicted molar refractivity (Wildman–Crippen MR) is 127 cm³/mol. The van der Waals surface area contributed by atoms with E-state index in [4.69, 9.17) is 9.72 Å². The highest BCUT2D eigenvalue weighted by Gasteiger charge is 2.36. The number of nitrogens with zero attached hydrogens (tertiary/aromatic N) is 3. The summed E-state index contributed by atoms with van der Waals surface area (Å²) in [6.45, 7) is 12.1. The van der Waals surface area contributed by atoms with Gasteiger partial charge in [0.05, 0.1) is 11.0 Å². The van der Waals surface area contributed by atoms with Crippen LogP contribution < -0.4 is 0 Å². The van der Waals surface area contributed by atoms with E-state index >= 15 is 0 Å². The molecule has 1 N–H and O–H groups in total. The molecule has 1 amide bonds. The molecule has 1 unspecified atom stereocenters. The quantitative estimate of drug-likeness (QED) is 0.407. The normalized spacial score (nSPS) is 15.6. The Balaban J connectivity index is 1.74. The van der Waals surface area contributed by atoms with Gasteiger partial charge < -0.3 is 19.3 Å². The van der Waals surface area contributed by atoms with Crippen LogP contribution in [-0.2, 0) is 9.53 Å². The number of carboxylic acid groups (broad SMARTS) is 1. The number of imidazole rings is 1. The molecule has 1 saturated carbocycles. The van der Waals surface area contributed by atoms with Gasteiger partial charge in [0.2, 0.25) is 0 Å². The van der Waals surface area contributed by atoms with Crippen molar-refractivity contribution in [1.82, 2.24) is 14.5 Å². The van der Waals surface area contributed by atoms with Crippen LogP contribution in [-0.4, -0.2) is 55.6 Å². The lowest BCUT2D eigenvalue weighted by Gasteiger charge is -2.30. The third kappa shape index (κ3) is 5.97. The van der Waals surface area contributed by atoms with Crippen molar-refractivity contribution in [2.45, 2.75) is 83.6 Å². The molecule has 1 fully saturated rings. The minimum Gasteiger partial charge on any atom is -0.480 e. The van der Waals surface area contributed by atoms with Crippen molar-refractivity contribution in [2.24, 2.45) is 5.41 Å². The lowest BCUT2D eigenvalue weighted by Crippen LogP contribution is -2.39. The molecular weight excluding hydrogens is 426 g/mol. The Bertz CT molecular complexity index is 970. The summed E-state index contributed by atoms with van der Waals surface area (Å²) in [6.07, 6.45) is 2.56. The number of hydrogen-bond donors (Lipinski definition) is 1. The molecule has 1 atom stereocenters. The number of amides is 1. The van der Waals surface area contributed by atoms with Gasteiger partial charge in [0.25, 0.3) is 0 Å². The van der Waals surface area contributed by atoms with Crippen LogP contribution in [0, 0.1) is 5.41 Å². The number of benzene rings is 1. The van der Waals surface area contributed by atoms with Crippen molar-refractivity contribution in [3.8, 4) is 0 Å². The highest BCUT2D eigenvalue weighted by molar-refractivity contribution is 7.99. The van der Waals surface area contributed by atoms with Crippen LogP contribution in [0.5, 0.6) is 0 Å². The molecule has 0 aliphatic heterocycles. The minimum absolute atomic E-state index is 0.254. The maximum atomic E-state index is 12.6. The molecule has 0 spiro atoms. The van der Waals surface area contributed by atoms with Gasteiger partial charge in [0.15, 0.2) is 5.16 Å². The summed E-state index contributed by atoms with van der Waals surface area (Å²) in [4.78, 5) is 31.4. The standard InChI is InChI=1S/C24H35N3O4S/c1-23(2,3)19(20(28)29)27-18-11-8-7-10-17(18)25-21(27)32-15-9-14-26(16-12-13-16)22(30)31-24(4,5)6/h7-8,10-11,16,19H,9,12-15H2,1-6H3,(H,28,29). The highest BCUT2D eigenvalue weighted by atomic mass is 32.2. The maximum absolute atomic E-state index is 12.6. The molecule has 1 aromatic carbocycles. The summed E-state index contributed by atoms with van der Waals surface area (Å²) < 4.78 is 7.43. The average molecular weight is 462 g/mol. The first kappa shape index (κ1) is 24.4. The van der Waals surface area contributed by atoms with E-state index in [1.54, 1.807) is 11.8 Å². The van der Waals surface area contributed by atoms with Crippen LogP contribution >= 0.6 is 11.8 Å². The first-order valence-corrected chi connectivity index (χ1v) is 12.2. The smallest absolute Gasteiger partial charge is 0.410 e. The highest BCUT2D eigenvalue weighted by Crippen LogP contribution is 2.37. The number of rotatable bonds is 8. The van der Waals surface area contributed by atoms with Crippen molar-refractivity contribution in [2.75, 3.05) is 12.3 Å². The predicted octanol–water partition coefficient (Wildman–Crippen LogP) is 5.59. The van der Waals surface area contributed by atoms with Gasteiger partial charge in [0.1, 0.15) is 11.6 Å². The van der Waals surface area contributed by atoms with Gasteiger partial charge in [-0.25, -0.2) is 14.6 Å². The van der Waals surface area contributed by atoms with E-state index in [0.29, 0.717) is 11.7 Å². The van der Waals surface area contributed by atoms with Crippen molar-refractivity contribution < 1.29 is 19.4 Å². The van der Waals surface area contributed by atoms with E-state index in [2.05, 4.69) is 0 Å². The van der Waals surface area contributed by atoms with Gasteiger partial charge in [-0.15, -0.1) is 0 Å². The SMILES string of the molecule is CC(C)(C)OC(=O)N(CCCSc1nc2ccccc2n1C(C(=O)O)C(C)(C)C)C1CC1. The van der Waals surface area contributed by atoms with Crippen LogP contribution in [0.1, 0.15) is 66.8 Å². The summed E-state index contributed by atoms with van der Waals surface area (Å²) in [5.41, 5.74) is 0.622. The number of aromatic nitrogens is 2. The lowest BCUT2D eigenvalue weighted by molar-refractivity contribution is -0.144. The number of carboxylic acids is 1. The van der Waals surface area contributed by atoms with Crippen molar-refractivity contribution in [3.63, 3.8) is 0 Å². The van der Waals surface area contributed by atoms with E-state index in [1.807, 2.05) is 75.3 Å². The summed E-state index contributed by atoms with van der Waals surface area (Å²) in [5, 5.41) is 10.7. The van der Waals surface area contributed by atoms with Crippen LogP contribution in [0.3, 0.4) is 0 Å². The van der Waals surface area contributed by atoms with Crippen LogP contribution in [0.25, 0.3) is 11.0 Å². The molecule has 3 rings (SSSR count). The third-order valence-corrected chi connectivity index (χ3v) is 6.31. The molecule has 1 heterocycles. The van der Waals surface area contributed by atoms with E-state index in [1.165, 1.54) is 0 Å². The molecular formula is C24H35N3O4S. The van der Waals surface area contributed by atoms with Gasteiger partial charge in [-0.2, -0.15) is 0 Å². The Morgan fingerprint density at radius 1 is 1.22 bits per heavy atom. The molecule has 0 radical (unpaired) electrons. The molecule has 1 aliphatic carbocycles. The largest absolute Gasteiger partial charge is 0.480 e. The number of carbonyl (C=O) groups excluding carboxylic acids is 1. The minimum atomic E-state index is -0.868. The van der Waals surface area contributed by atoms with Gasteiger partial charge in [-0.3, -0.25) is 0 Å². The Morgan fingerprint density at radius 2 is 1.88 bits per heavy atom. The fourth-order valence-corrected chi connectivity index (χ4v) is 4.73. The number of thioether (sulfide) groups is 1. The van der Waals surface area contributed by atoms with Crippen LogP contribution in [0.15, 0.2) is 29.4 Å². The van der Waals surface area contributed by atoms with E-state index in [0.717, 1.165) is 36.0 Å². The second kappa shape index (κ2) is 9.33. The second-order valence-electron chi connectivity index (χ2n) is 10.5. The summed E-state index contributed by atoms with van der Waals surface area (Å²) in [6, 6.07) is 7.19. The van der Waals surface area contributed by atoms with E-state index < -0.39 is 23.0 Å². The molecule has 1 aromatic heterocycles. The number of hydrogen-bond acceptors (Lipinski definition) is 5. The Hall–Kier alpha value is -2.22. The molecule has 0 saturated heterocycles. The number of aliphatic carboxylic acids is 1.